The molecule has 8 nitrogen and oxygen atoms in total. The summed E-state index contributed by atoms with van der Waals surface area (Å²) in [5.74, 6) is 1.89. The van der Waals surface area contributed by atoms with Gasteiger partial charge < -0.3 is 29.6 Å². The highest BCUT2D eigenvalue weighted by atomic mass is 16.5. The first-order valence-electron chi connectivity index (χ1n) is 13.7. The fourth-order valence-electron chi connectivity index (χ4n) is 6.31. The summed E-state index contributed by atoms with van der Waals surface area (Å²) in [6.45, 7) is 5.67. The Morgan fingerprint density at radius 1 is 1.08 bits per heavy atom. The molecular weight excluding hydrogens is 480 g/mol. The van der Waals surface area contributed by atoms with Gasteiger partial charge in [-0.15, -0.1) is 0 Å². The molecule has 3 aliphatic heterocycles. The van der Waals surface area contributed by atoms with Crippen LogP contribution in [0.4, 0.5) is 0 Å². The fraction of sp³-hybridized carbons (Fsp3) is 0.467. The first-order valence-corrected chi connectivity index (χ1v) is 13.7. The van der Waals surface area contributed by atoms with Crippen molar-refractivity contribution in [2.24, 2.45) is 17.8 Å². The Morgan fingerprint density at radius 2 is 1.87 bits per heavy atom. The standard InChI is InChI=1S/C30H36N4O4/c1-37-25-7-8-26-22(13-25)14-28(31-26)30(36)34-17-23-15-33(16-24(23)18-34)11-9-27(20-5-3-2-4-6-20)32-29(35)21-10-12-38-19-21/h2-8,13-14,21,23-24,27,31H,9-12,15-19H2,1H3,(H,32,35)/t21?,23?,24?,27-/m0/s1. The van der Waals surface area contributed by atoms with Gasteiger partial charge in [-0.1, -0.05) is 30.3 Å². The Labute approximate surface area is 223 Å². The second-order valence-electron chi connectivity index (χ2n) is 10.9. The number of aromatic amines is 1. The van der Waals surface area contributed by atoms with E-state index >= 15 is 0 Å². The number of fused-ring (bicyclic) bond motifs is 2. The highest BCUT2D eigenvalue weighted by Gasteiger charge is 2.42. The predicted molar refractivity (Wildman–Crippen MR) is 145 cm³/mol. The molecule has 0 spiro atoms. The Bertz CT molecular complexity index is 1270. The molecule has 0 bridgehead atoms. The zero-order chi connectivity index (χ0) is 26.1. The van der Waals surface area contributed by atoms with Crippen molar-refractivity contribution in [1.82, 2.24) is 20.1 Å². The molecule has 3 unspecified atom stereocenters. The minimum Gasteiger partial charge on any atom is -0.497 e. The zero-order valence-corrected chi connectivity index (χ0v) is 21.9. The van der Waals surface area contributed by atoms with Crippen LogP contribution in [0, 0.1) is 17.8 Å². The van der Waals surface area contributed by atoms with Crippen LogP contribution in [0.3, 0.4) is 0 Å². The van der Waals surface area contributed by atoms with Crippen LogP contribution in [0.1, 0.15) is 34.9 Å². The van der Waals surface area contributed by atoms with E-state index in [1.54, 1.807) is 7.11 Å². The molecule has 0 aliphatic carbocycles. The van der Waals surface area contributed by atoms with Crippen LogP contribution >= 0.6 is 0 Å². The van der Waals surface area contributed by atoms with E-state index in [0.29, 0.717) is 30.7 Å². The van der Waals surface area contributed by atoms with Crippen molar-refractivity contribution in [3.63, 3.8) is 0 Å². The molecule has 6 rings (SSSR count). The Morgan fingerprint density at radius 3 is 2.58 bits per heavy atom. The Hall–Kier alpha value is -3.36. The van der Waals surface area contributed by atoms with Crippen LogP contribution in [0.2, 0.25) is 0 Å². The number of nitrogens with one attached hydrogen (secondary N) is 2. The van der Waals surface area contributed by atoms with Gasteiger partial charge in [0, 0.05) is 50.2 Å². The largest absolute Gasteiger partial charge is 0.497 e. The van der Waals surface area contributed by atoms with Gasteiger partial charge in [-0.25, -0.2) is 0 Å². The van der Waals surface area contributed by atoms with Gasteiger partial charge in [-0.05, 0) is 54.5 Å². The third-order valence-corrected chi connectivity index (χ3v) is 8.46. The molecule has 3 aromatic rings. The monoisotopic (exact) mass is 516 g/mol. The van der Waals surface area contributed by atoms with Gasteiger partial charge in [0.15, 0.2) is 0 Å². The minimum atomic E-state index is -0.0461. The van der Waals surface area contributed by atoms with Gasteiger partial charge in [-0.2, -0.15) is 0 Å². The average Bonchev–Trinajstić information content (AvgIpc) is 3.74. The SMILES string of the molecule is COc1ccc2[nH]c(C(=O)N3CC4CN(CC[C@H](NC(=O)C5CCOC5)c5ccccc5)CC4C3)cc2c1. The van der Waals surface area contributed by atoms with E-state index in [0.717, 1.165) is 67.8 Å². The van der Waals surface area contributed by atoms with Crippen molar-refractivity contribution in [2.75, 3.05) is 53.0 Å². The number of H-pyrrole nitrogens is 1. The van der Waals surface area contributed by atoms with Gasteiger partial charge in [0.05, 0.1) is 25.7 Å². The molecule has 3 saturated heterocycles. The third kappa shape index (κ3) is 5.15. The number of hydrogen-bond donors (Lipinski definition) is 2. The number of hydrogen-bond acceptors (Lipinski definition) is 5. The van der Waals surface area contributed by atoms with Crippen molar-refractivity contribution >= 4 is 22.7 Å². The normalized spacial score (nSPS) is 24.0. The lowest BCUT2D eigenvalue weighted by molar-refractivity contribution is -0.125. The second-order valence-corrected chi connectivity index (χ2v) is 10.9. The third-order valence-electron chi connectivity index (χ3n) is 8.46. The molecular formula is C30H36N4O4. The van der Waals surface area contributed by atoms with Crippen LogP contribution in [0.25, 0.3) is 10.9 Å². The van der Waals surface area contributed by atoms with E-state index in [1.165, 1.54) is 0 Å². The van der Waals surface area contributed by atoms with Crippen LogP contribution in [0.15, 0.2) is 54.6 Å². The molecule has 1 aromatic heterocycles. The molecule has 0 saturated carbocycles. The lowest BCUT2D eigenvalue weighted by Crippen LogP contribution is -2.37. The van der Waals surface area contributed by atoms with Crippen LogP contribution in [-0.4, -0.2) is 79.6 Å². The number of carbonyl (C=O) groups is 2. The first-order chi connectivity index (χ1) is 18.6. The molecule has 2 amide bonds. The number of methoxy groups -OCH3 is 1. The highest BCUT2D eigenvalue weighted by molar-refractivity contribution is 5.98. The minimum absolute atomic E-state index is 0.0107. The number of ether oxygens (including phenoxy) is 2. The number of amides is 2. The summed E-state index contributed by atoms with van der Waals surface area (Å²) in [6, 6.07) is 18.0. The second kappa shape index (κ2) is 10.8. The molecule has 4 atom stereocenters. The van der Waals surface area contributed by atoms with Gasteiger partial charge in [0.2, 0.25) is 5.91 Å². The lowest BCUT2D eigenvalue weighted by Gasteiger charge is -2.25. The lowest BCUT2D eigenvalue weighted by atomic mass is 10.0. The quantitative estimate of drug-likeness (QED) is 0.479. The molecule has 3 fully saturated rings. The summed E-state index contributed by atoms with van der Waals surface area (Å²) < 4.78 is 10.7. The maximum Gasteiger partial charge on any atom is 0.270 e. The van der Waals surface area contributed by atoms with E-state index in [4.69, 9.17) is 9.47 Å². The number of carbonyl (C=O) groups excluding carboxylic acids is 2. The topological polar surface area (TPSA) is 86.9 Å². The average molecular weight is 517 g/mol. The Balaban J connectivity index is 1.04. The number of likely N-dealkylation sites (tertiary alicyclic amines) is 2. The molecule has 2 aromatic carbocycles. The van der Waals surface area contributed by atoms with E-state index in [1.807, 2.05) is 47.4 Å². The van der Waals surface area contributed by atoms with Crippen LogP contribution in [-0.2, 0) is 9.53 Å². The maximum atomic E-state index is 13.3. The first kappa shape index (κ1) is 24.9. The van der Waals surface area contributed by atoms with Gasteiger partial charge in [0.1, 0.15) is 11.4 Å². The summed E-state index contributed by atoms with van der Waals surface area (Å²) in [7, 11) is 1.65. The van der Waals surface area contributed by atoms with Gasteiger partial charge in [0.25, 0.3) is 5.91 Å². The van der Waals surface area contributed by atoms with E-state index in [2.05, 4.69) is 27.3 Å². The van der Waals surface area contributed by atoms with Crippen molar-refractivity contribution in [3.05, 3.63) is 65.9 Å². The number of nitrogens with zero attached hydrogens (tertiary/aromatic N) is 2. The smallest absolute Gasteiger partial charge is 0.270 e. The summed E-state index contributed by atoms with van der Waals surface area (Å²) in [6.07, 6.45) is 1.66. The fourth-order valence-corrected chi connectivity index (χ4v) is 6.31. The number of benzene rings is 2. The zero-order valence-electron chi connectivity index (χ0n) is 21.9. The summed E-state index contributed by atoms with van der Waals surface area (Å²) in [5.41, 5.74) is 2.73. The summed E-state index contributed by atoms with van der Waals surface area (Å²) >= 11 is 0. The maximum absolute atomic E-state index is 13.3. The van der Waals surface area contributed by atoms with Crippen LogP contribution < -0.4 is 10.1 Å². The molecule has 38 heavy (non-hydrogen) atoms. The molecule has 8 heteroatoms. The molecule has 3 aliphatic rings. The Kier molecular flexibility index (Phi) is 7.08. The summed E-state index contributed by atoms with van der Waals surface area (Å²) in [4.78, 5) is 33.9. The number of aromatic nitrogens is 1. The molecule has 4 heterocycles. The van der Waals surface area contributed by atoms with E-state index in [9.17, 15) is 9.59 Å². The predicted octanol–water partition coefficient (Wildman–Crippen LogP) is 3.46. The molecule has 0 radical (unpaired) electrons. The molecule has 200 valence electrons. The van der Waals surface area contributed by atoms with Crippen molar-refractivity contribution in [3.8, 4) is 5.75 Å². The van der Waals surface area contributed by atoms with Crippen molar-refractivity contribution in [2.45, 2.75) is 18.9 Å². The molecule has 2 N–H and O–H groups in total. The number of rotatable bonds is 8. The van der Waals surface area contributed by atoms with E-state index in [-0.39, 0.29) is 23.8 Å². The van der Waals surface area contributed by atoms with Gasteiger partial charge in [-0.3, -0.25) is 9.59 Å². The van der Waals surface area contributed by atoms with Crippen LogP contribution in [0.5, 0.6) is 5.75 Å². The van der Waals surface area contributed by atoms with E-state index < -0.39 is 0 Å². The highest BCUT2D eigenvalue weighted by Crippen LogP contribution is 2.33. The van der Waals surface area contributed by atoms with Crippen molar-refractivity contribution < 1.29 is 19.1 Å². The summed E-state index contributed by atoms with van der Waals surface area (Å²) in [5, 5.41) is 4.28. The van der Waals surface area contributed by atoms with Crippen molar-refractivity contribution in [1.29, 1.82) is 0 Å². The van der Waals surface area contributed by atoms with Gasteiger partial charge >= 0.3 is 0 Å².